The Hall–Kier alpha value is -4.16. The highest BCUT2D eigenvalue weighted by Crippen LogP contribution is 2.42. The maximum atomic E-state index is 13.7. The van der Waals surface area contributed by atoms with E-state index < -0.39 is 11.6 Å². The highest BCUT2D eigenvalue weighted by atomic mass is 16.8. The number of quaternary nitrogens is 1. The van der Waals surface area contributed by atoms with Crippen molar-refractivity contribution in [1.29, 1.82) is 0 Å². The van der Waals surface area contributed by atoms with Crippen molar-refractivity contribution in [2.24, 2.45) is 0 Å². The summed E-state index contributed by atoms with van der Waals surface area (Å²) in [6.07, 6.45) is 0. The van der Waals surface area contributed by atoms with Crippen molar-refractivity contribution in [3.05, 3.63) is 81.6 Å². The predicted octanol–water partition coefficient (Wildman–Crippen LogP) is 3.23. The number of aromatic hydroxyl groups is 2. The third-order valence-corrected chi connectivity index (χ3v) is 6.95. The molecule has 0 radical (unpaired) electrons. The molecule has 0 atom stereocenters. The van der Waals surface area contributed by atoms with Gasteiger partial charge in [-0.1, -0.05) is 12.1 Å². The van der Waals surface area contributed by atoms with Gasteiger partial charge in [0.15, 0.2) is 0 Å². The number of rotatable bonds is 11. The number of nitrogens with one attached hydrogen (secondary N) is 2. The lowest BCUT2D eigenvalue weighted by Crippen LogP contribution is -2.42. The maximum Gasteiger partial charge on any atom is 0.200 e. The van der Waals surface area contributed by atoms with Crippen LogP contribution in [0, 0.1) is 5.21 Å². The highest BCUT2D eigenvalue weighted by molar-refractivity contribution is 6.33. The van der Waals surface area contributed by atoms with Crippen molar-refractivity contribution < 1.29 is 29.5 Å². The van der Waals surface area contributed by atoms with Gasteiger partial charge in [0.25, 0.3) is 0 Å². The van der Waals surface area contributed by atoms with Crippen molar-refractivity contribution in [2.45, 2.75) is 6.54 Å². The molecule has 1 aliphatic carbocycles. The van der Waals surface area contributed by atoms with E-state index in [0.29, 0.717) is 48.6 Å². The lowest BCUT2D eigenvalue weighted by molar-refractivity contribution is -0.902. The van der Waals surface area contributed by atoms with Gasteiger partial charge in [-0.25, -0.2) is 0 Å². The molecule has 0 heterocycles. The van der Waals surface area contributed by atoms with Crippen LogP contribution in [0.3, 0.4) is 0 Å². The average molecular weight is 550 g/mol. The molecule has 0 aromatic heterocycles. The molecule has 3 aromatic carbocycles. The number of fused-ring (bicyclic) bond motifs is 2. The van der Waals surface area contributed by atoms with Crippen LogP contribution in [-0.4, -0.2) is 90.7 Å². The summed E-state index contributed by atoms with van der Waals surface area (Å²) >= 11 is 0. The van der Waals surface area contributed by atoms with E-state index in [1.165, 1.54) is 12.1 Å². The first-order chi connectivity index (χ1) is 18.9. The Morgan fingerprint density at radius 2 is 1.27 bits per heavy atom. The highest BCUT2D eigenvalue weighted by Gasteiger charge is 2.38. The number of nitrogens with zero attached hydrogens (tertiary/aromatic N) is 3. The second kappa shape index (κ2) is 11.5. The van der Waals surface area contributed by atoms with Gasteiger partial charge in [-0.2, -0.15) is 0 Å². The van der Waals surface area contributed by atoms with Crippen LogP contribution in [0.2, 0.25) is 0 Å². The smallest absolute Gasteiger partial charge is 0.200 e. The minimum Gasteiger partial charge on any atom is -0.733 e. The number of benzene rings is 3. The largest absolute Gasteiger partial charge is 0.733 e. The molecule has 0 saturated carbocycles. The van der Waals surface area contributed by atoms with E-state index in [4.69, 9.17) is 5.21 Å². The molecule has 11 nitrogen and oxygen atoms in total. The molecular weight excluding hydrogens is 514 g/mol. The lowest BCUT2D eigenvalue weighted by atomic mass is 9.81. The molecule has 212 valence electrons. The molecule has 0 saturated heterocycles. The Labute approximate surface area is 233 Å². The van der Waals surface area contributed by atoms with E-state index in [2.05, 4.69) is 10.6 Å². The van der Waals surface area contributed by atoms with Crippen LogP contribution in [0.25, 0.3) is 0 Å². The molecule has 40 heavy (non-hydrogen) atoms. The van der Waals surface area contributed by atoms with Crippen LogP contribution < -0.4 is 15.9 Å². The summed E-state index contributed by atoms with van der Waals surface area (Å²) in [5, 5.41) is 47.4. The number of carbonyl (C=O) groups is 2. The number of hydrogen-bond acceptors (Lipinski definition) is 10. The van der Waals surface area contributed by atoms with Crippen molar-refractivity contribution in [3.8, 4) is 11.5 Å². The van der Waals surface area contributed by atoms with E-state index in [0.717, 1.165) is 5.56 Å². The number of anilines is 3. The van der Waals surface area contributed by atoms with Gasteiger partial charge in [0, 0.05) is 30.0 Å². The molecule has 0 fully saturated rings. The van der Waals surface area contributed by atoms with Gasteiger partial charge in [-0.15, -0.1) is 0 Å². The standard InChI is InChI=1S/C29H35N5O6/c1-32(2)15-13-30-20-9-10-21(25-24(20)28(37)26-22(35)11-12-23(36)27(26)29(25)38)31-14-16-34(3,4)17-18-5-7-19(8-6-18)33(39)40/h5-12,30-31,35-36,39H,13-17H2,1-4H3. The second-order valence-electron chi connectivity index (χ2n) is 10.8. The molecule has 0 bridgehead atoms. The fourth-order valence-electron chi connectivity index (χ4n) is 4.87. The van der Waals surface area contributed by atoms with E-state index in [9.17, 15) is 25.0 Å². The summed E-state index contributed by atoms with van der Waals surface area (Å²) in [4.78, 5) is 29.4. The van der Waals surface area contributed by atoms with Gasteiger partial charge in [0.1, 0.15) is 18.0 Å². The average Bonchev–Trinajstić information content (AvgIpc) is 2.88. The van der Waals surface area contributed by atoms with Crippen molar-refractivity contribution in [1.82, 2.24) is 4.90 Å². The zero-order valence-electron chi connectivity index (χ0n) is 23.1. The van der Waals surface area contributed by atoms with Crippen molar-refractivity contribution in [2.75, 3.05) is 70.2 Å². The topological polar surface area (TPSA) is 148 Å². The Morgan fingerprint density at radius 1 is 0.775 bits per heavy atom. The van der Waals surface area contributed by atoms with Crippen LogP contribution in [0.1, 0.15) is 37.4 Å². The van der Waals surface area contributed by atoms with Crippen molar-refractivity contribution in [3.63, 3.8) is 0 Å². The quantitative estimate of drug-likeness (QED) is 0.107. The number of phenols is 2. The van der Waals surface area contributed by atoms with Crippen LogP contribution in [0.15, 0.2) is 48.5 Å². The molecule has 0 spiro atoms. The third-order valence-electron chi connectivity index (χ3n) is 6.95. The summed E-state index contributed by atoms with van der Waals surface area (Å²) in [6.45, 7) is 3.00. The fourth-order valence-corrected chi connectivity index (χ4v) is 4.87. The number of hydrogen-bond donors (Lipinski definition) is 5. The van der Waals surface area contributed by atoms with Gasteiger partial charge >= 0.3 is 0 Å². The molecule has 0 aliphatic heterocycles. The van der Waals surface area contributed by atoms with Gasteiger partial charge in [0.05, 0.1) is 55.1 Å². The number of likely N-dealkylation sites (N-methyl/N-ethyl adjacent to an activating group) is 2. The predicted molar refractivity (Wildman–Crippen MR) is 153 cm³/mol. The first-order valence-electron chi connectivity index (χ1n) is 12.9. The Bertz CT molecular complexity index is 1420. The normalized spacial score (nSPS) is 12.8. The molecular formula is C29H35N5O6. The SMILES string of the molecule is CN(C)CCNc1ccc(NCC[N+](C)(C)Cc2ccc(N([O-])O)cc2)c2c1C(=O)c1c(O)ccc(O)c1C2=O. The summed E-state index contributed by atoms with van der Waals surface area (Å²) in [5.74, 6) is -1.79. The third kappa shape index (κ3) is 6.02. The van der Waals surface area contributed by atoms with Crippen LogP contribution in [0.5, 0.6) is 11.5 Å². The summed E-state index contributed by atoms with van der Waals surface area (Å²) < 4.78 is 0.573. The summed E-state index contributed by atoms with van der Waals surface area (Å²) in [5.41, 5.74) is 1.98. The summed E-state index contributed by atoms with van der Waals surface area (Å²) in [7, 11) is 7.95. The Balaban J connectivity index is 1.59. The Kier molecular flexibility index (Phi) is 8.31. The molecule has 4 rings (SSSR count). The minimum atomic E-state index is -0.540. The van der Waals surface area contributed by atoms with Gasteiger partial charge in [0.2, 0.25) is 11.6 Å². The van der Waals surface area contributed by atoms with Crippen LogP contribution >= 0.6 is 0 Å². The second-order valence-corrected chi connectivity index (χ2v) is 10.8. The molecule has 11 heteroatoms. The van der Waals surface area contributed by atoms with E-state index in [1.807, 2.05) is 33.1 Å². The number of carbonyl (C=O) groups excluding carboxylic acids is 2. The monoisotopic (exact) mass is 549 g/mol. The van der Waals surface area contributed by atoms with Gasteiger partial charge < -0.3 is 40.7 Å². The van der Waals surface area contributed by atoms with E-state index in [1.54, 1.807) is 36.4 Å². The van der Waals surface area contributed by atoms with Crippen LogP contribution in [0.4, 0.5) is 17.1 Å². The van der Waals surface area contributed by atoms with Crippen molar-refractivity contribution >= 4 is 28.6 Å². The molecule has 0 unspecified atom stereocenters. The van der Waals surface area contributed by atoms with Gasteiger partial charge in [-0.05, 0) is 50.5 Å². The Morgan fingerprint density at radius 3 is 1.75 bits per heavy atom. The molecule has 5 N–H and O–H groups in total. The first-order valence-corrected chi connectivity index (χ1v) is 12.9. The number of phenolic OH excluding ortho intramolecular Hbond substituents is 2. The molecule has 3 aromatic rings. The number of ketones is 2. The van der Waals surface area contributed by atoms with E-state index >= 15 is 0 Å². The zero-order valence-corrected chi connectivity index (χ0v) is 23.1. The van der Waals surface area contributed by atoms with E-state index in [-0.39, 0.29) is 44.7 Å². The zero-order chi connectivity index (χ0) is 29.2. The molecule has 1 aliphatic rings. The lowest BCUT2D eigenvalue weighted by Gasteiger charge is -2.31. The maximum absolute atomic E-state index is 13.7. The van der Waals surface area contributed by atoms with Gasteiger partial charge in [-0.3, -0.25) is 14.8 Å². The molecule has 0 amide bonds. The van der Waals surface area contributed by atoms with Crippen LogP contribution in [-0.2, 0) is 6.54 Å². The first kappa shape index (κ1) is 28.8. The fraction of sp³-hybridized carbons (Fsp3) is 0.310. The summed E-state index contributed by atoms with van der Waals surface area (Å²) in [6, 6.07) is 12.6. The minimum absolute atomic E-state index is 0.153.